The second-order valence-electron chi connectivity index (χ2n) is 3.70. The van der Waals surface area contributed by atoms with Gasteiger partial charge in [-0.3, -0.25) is 4.79 Å². The Bertz CT molecular complexity index is 512. The van der Waals surface area contributed by atoms with E-state index in [0.717, 1.165) is 0 Å². The lowest BCUT2D eigenvalue weighted by atomic mass is 9.96. The first kappa shape index (κ1) is 15.4. The molecule has 0 aliphatic carbocycles. The number of benzene rings is 1. The van der Waals surface area contributed by atoms with Crippen LogP contribution in [0.25, 0.3) is 0 Å². The highest BCUT2D eigenvalue weighted by Crippen LogP contribution is 2.29. The fourth-order valence-electron chi connectivity index (χ4n) is 1.71. The number of nitriles is 1. The van der Waals surface area contributed by atoms with Crippen molar-refractivity contribution in [2.45, 2.75) is 25.7 Å². The van der Waals surface area contributed by atoms with Gasteiger partial charge in [0.25, 0.3) is 6.43 Å². The molecule has 0 heterocycles. The summed E-state index contributed by atoms with van der Waals surface area (Å²) >= 11 is 5.63. The summed E-state index contributed by atoms with van der Waals surface area (Å²) in [5.41, 5.74) is 0.168. The minimum absolute atomic E-state index is 0.0286. The lowest BCUT2D eigenvalue weighted by Gasteiger charge is -2.12. The maximum atomic E-state index is 12.8. The Labute approximate surface area is 114 Å². The minimum Gasteiger partial charge on any atom is -0.466 e. The molecule has 1 aromatic rings. The van der Waals surface area contributed by atoms with E-state index in [1.807, 2.05) is 6.07 Å². The molecule has 0 N–H and O–H groups in total. The zero-order valence-corrected chi connectivity index (χ0v) is 11.0. The molecule has 6 heteroatoms. The van der Waals surface area contributed by atoms with Crippen molar-refractivity contribution in [3.63, 3.8) is 0 Å². The first-order valence-corrected chi connectivity index (χ1v) is 6.13. The Hall–Kier alpha value is -1.67. The fourth-order valence-corrected chi connectivity index (χ4v) is 2.00. The van der Waals surface area contributed by atoms with E-state index in [1.54, 1.807) is 6.92 Å². The minimum atomic E-state index is -2.71. The van der Waals surface area contributed by atoms with Crippen molar-refractivity contribution < 1.29 is 18.3 Å². The Kier molecular flexibility index (Phi) is 5.71. The van der Waals surface area contributed by atoms with E-state index in [-0.39, 0.29) is 35.6 Å². The number of rotatable bonds is 5. The molecule has 0 unspecified atom stereocenters. The van der Waals surface area contributed by atoms with Crippen LogP contribution in [-0.4, -0.2) is 12.6 Å². The van der Waals surface area contributed by atoms with Crippen molar-refractivity contribution >= 4 is 17.6 Å². The van der Waals surface area contributed by atoms with Crippen LogP contribution in [0.1, 0.15) is 35.6 Å². The van der Waals surface area contributed by atoms with E-state index < -0.39 is 12.4 Å². The van der Waals surface area contributed by atoms with Crippen LogP contribution in [0.4, 0.5) is 8.78 Å². The van der Waals surface area contributed by atoms with Crippen molar-refractivity contribution in [3.8, 4) is 6.07 Å². The highest BCUT2D eigenvalue weighted by Gasteiger charge is 2.19. The van der Waals surface area contributed by atoms with Gasteiger partial charge >= 0.3 is 5.97 Å². The number of esters is 1. The maximum Gasteiger partial charge on any atom is 0.310 e. The molecule has 0 radical (unpaired) electrons. The van der Waals surface area contributed by atoms with Crippen molar-refractivity contribution in [1.29, 1.82) is 5.26 Å². The van der Waals surface area contributed by atoms with Crippen molar-refractivity contribution in [2.24, 2.45) is 0 Å². The molecule has 0 aliphatic heterocycles. The number of carbonyl (C=O) groups excluding carboxylic acids is 1. The SMILES string of the molecule is CCOC(=O)Cc1ccc(C(F)F)c(CCl)c1C#N. The third-order valence-electron chi connectivity index (χ3n) is 2.56. The summed E-state index contributed by atoms with van der Waals surface area (Å²) in [6, 6.07) is 4.36. The van der Waals surface area contributed by atoms with E-state index in [2.05, 4.69) is 0 Å². The van der Waals surface area contributed by atoms with Crippen LogP contribution in [0.2, 0.25) is 0 Å². The summed E-state index contributed by atoms with van der Waals surface area (Å²) in [4.78, 5) is 11.4. The summed E-state index contributed by atoms with van der Waals surface area (Å²) in [6.45, 7) is 1.88. The standard InChI is InChI=1S/C13H12ClF2NO2/c1-2-19-12(18)5-8-3-4-9(13(15)16)10(6-14)11(8)7-17/h3-4,13H,2,5-6H2,1H3. The van der Waals surface area contributed by atoms with Crippen LogP contribution >= 0.6 is 11.6 Å². The molecule has 19 heavy (non-hydrogen) atoms. The molecule has 0 spiro atoms. The quantitative estimate of drug-likeness (QED) is 0.616. The van der Waals surface area contributed by atoms with Gasteiger partial charge in [-0.1, -0.05) is 12.1 Å². The molecular weight excluding hydrogens is 276 g/mol. The zero-order valence-electron chi connectivity index (χ0n) is 10.3. The molecule has 0 aromatic heterocycles. The first-order chi connectivity index (χ1) is 9.04. The topological polar surface area (TPSA) is 50.1 Å². The molecular formula is C13H12ClF2NO2. The summed E-state index contributed by atoms with van der Waals surface area (Å²) in [5.74, 6) is -0.719. The molecule has 3 nitrogen and oxygen atoms in total. The number of carbonyl (C=O) groups is 1. The molecule has 0 amide bonds. The third kappa shape index (κ3) is 3.65. The van der Waals surface area contributed by atoms with Gasteiger partial charge in [0.15, 0.2) is 0 Å². The van der Waals surface area contributed by atoms with Crippen LogP contribution < -0.4 is 0 Å². The Morgan fingerprint density at radius 1 is 1.53 bits per heavy atom. The molecule has 0 atom stereocenters. The molecule has 102 valence electrons. The van der Waals surface area contributed by atoms with Crippen LogP contribution in [0.15, 0.2) is 12.1 Å². The van der Waals surface area contributed by atoms with Gasteiger partial charge in [0.2, 0.25) is 0 Å². The molecule has 1 aromatic carbocycles. The predicted molar refractivity (Wildman–Crippen MR) is 66.0 cm³/mol. The van der Waals surface area contributed by atoms with Crippen LogP contribution in [-0.2, 0) is 21.8 Å². The number of halogens is 3. The van der Waals surface area contributed by atoms with Gasteiger partial charge in [-0.2, -0.15) is 5.26 Å². The summed E-state index contributed by atoms with van der Waals surface area (Å²) in [6.07, 6.45) is -2.85. The Morgan fingerprint density at radius 2 is 2.21 bits per heavy atom. The van der Waals surface area contributed by atoms with E-state index in [0.29, 0.717) is 5.56 Å². The van der Waals surface area contributed by atoms with E-state index in [9.17, 15) is 13.6 Å². The highest BCUT2D eigenvalue weighted by atomic mass is 35.5. The second kappa shape index (κ2) is 7.05. The number of nitrogens with zero attached hydrogens (tertiary/aromatic N) is 1. The third-order valence-corrected chi connectivity index (χ3v) is 2.82. The molecule has 0 bridgehead atoms. The first-order valence-electron chi connectivity index (χ1n) is 5.59. The Balaban J connectivity index is 3.21. The number of ether oxygens (including phenoxy) is 1. The van der Waals surface area contributed by atoms with Crippen LogP contribution in [0, 0.1) is 11.3 Å². The van der Waals surface area contributed by atoms with Gasteiger partial charge in [0.05, 0.1) is 24.7 Å². The van der Waals surface area contributed by atoms with Crippen molar-refractivity contribution in [1.82, 2.24) is 0 Å². The Morgan fingerprint density at radius 3 is 2.68 bits per heavy atom. The lowest BCUT2D eigenvalue weighted by Crippen LogP contribution is -2.10. The maximum absolute atomic E-state index is 12.8. The van der Waals surface area contributed by atoms with E-state index in [4.69, 9.17) is 21.6 Å². The molecule has 1 rings (SSSR count). The fraction of sp³-hybridized carbons (Fsp3) is 0.385. The molecule has 0 saturated heterocycles. The average Bonchev–Trinajstić information content (AvgIpc) is 2.37. The normalized spacial score (nSPS) is 10.3. The van der Waals surface area contributed by atoms with Gasteiger partial charge < -0.3 is 4.74 Å². The van der Waals surface area contributed by atoms with E-state index >= 15 is 0 Å². The monoisotopic (exact) mass is 287 g/mol. The molecule has 0 saturated carbocycles. The predicted octanol–water partition coefficient (Wildman–Crippen LogP) is 3.34. The summed E-state index contributed by atoms with van der Waals surface area (Å²) < 4.78 is 30.3. The van der Waals surface area contributed by atoms with E-state index in [1.165, 1.54) is 12.1 Å². The smallest absolute Gasteiger partial charge is 0.310 e. The second-order valence-corrected chi connectivity index (χ2v) is 3.96. The highest BCUT2D eigenvalue weighted by molar-refractivity contribution is 6.17. The van der Waals surface area contributed by atoms with Gasteiger partial charge in [-0.25, -0.2) is 8.78 Å². The van der Waals surface area contributed by atoms with Crippen LogP contribution in [0.3, 0.4) is 0 Å². The number of alkyl halides is 3. The van der Waals surface area contributed by atoms with Crippen molar-refractivity contribution in [3.05, 3.63) is 34.4 Å². The molecule has 0 aliphatic rings. The van der Waals surface area contributed by atoms with Crippen LogP contribution in [0.5, 0.6) is 0 Å². The van der Waals surface area contributed by atoms with Crippen molar-refractivity contribution in [2.75, 3.05) is 6.61 Å². The largest absolute Gasteiger partial charge is 0.466 e. The van der Waals surface area contributed by atoms with Gasteiger partial charge in [0, 0.05) is 11.4 Å². The molecule has 0 fully saturated rings. The average molecular weight is 288 g/mol. The van der Waals surface area contributed by atoms with Gasteiger partial charge in [-0.05, 0) is 18.1 Å². The number of hydrogen-bond donors (Lipinski definition) is 0. The zero-order chi connectivity index (χ0) is 14.4. The number of hydrogen-bond acceptors (Lipinski definition) is 3. The van der Waals surface area contributed by atoms with Gasteiger partial charge in [-0.15, -0.1) is 11.6 Å². The summed E-state index contributed by atoms with van der Waals surface area (Å²) in [5, 5.41) is 9.07. The van der Waals surface area contributed by atoms with Gasteiger partial charge in [0.1, 0.15) is 0 Å². The summed E-state index contributed by atoms with van der Waals surface area (Å²) in [7, 11) is 0. The lowest BCUT2D eigenvalue weighted by molar-refractivity contribution is -0.142.